The van der Waals surface area contributed by atoms with Gasteiger partial charge < -0.3 is 15.4 Å². The molecule has 1 aliphatic rings. The Morgan fingerprint density at radius 2 is 1.89 bits per heavy atom. The van der Waals surface area contributed by atoms with Gasteiger partial charge in [0.2, 0.25) is 5.91 Å². The van der Waals surface area contributed by atoms with Crippen LogP contribution in [0.5, 0.6) is 5.75 Å². The molecular weight excluding hydrogens is 355 g/mol. The Bertz CT molecular complexity index is 991. The standard InChI is InChI=1S/C23H21FN2O2/c1-28-18-9-5-6-15(12-18)14-25-23(27)22-21(16-7-3-2-4-8-16)19-13-17(24)10-11-20(19)26-22/h2-13,21-22,26H,14H2,1H3,(H,25,27). The molecule has 2 unspecified atom stereocenters. The maximum absolute atomic E-state index is 13.9. The van der Waals surface area contributed by atoms with Crippen LogP contribution in [-0.4, -0.2) is 19.1 Å². The summed E-state index contributed by atoms with van der Waals surface area (Å²) < 4.78 is 19.1. The SMILES string of the molecule is COc1cccc(CNC(=O)C2Nc3ccc(F)cc3C2c2ccccc2)c1. The van der Waals surface area contributed by atoms with Crippen molar-refractivity contribution in [1.29, 1.82) is 0 Å². The lowest BCUT2D eigenvalue weighted by atomic mass is 9.87. The Kier molecular flexibility index (Phi) is 4.98. The van der Waals surface area contributed by atoms with E-state index in [0.717, 1.165) is 28.1 Å². The molecule has 1 heterocycles. The van der Waals surface area contributed by atoms with Gasteiger partial charge in [0, 0.05) is 18.2 Å². The molecule has 1 aliphatic heterocycles. The Labute approximate surface area is 163 Å². The molecule has 3 aromatic carbocycles. The van der Waals surface area contributed by atoms with E-state index in [1.54, 1.807) is 13.2 Å². The first-order valence-corrected chi connectivity index (χ1v) is 9.17. The van der Waals surface area contributed by atoms with Crippen molar-refractivity contribution >= 4 is 11.6 Å². The van der Waals surface area contributed by atoms with Gasteiger partial charge >= 0.3 is 0 Å². The van der Waals surface area contributed by atoms with E-state index in [4.69, 9.17) is 4.74 Å². The number of hydrogen-bond acceptors (Lipinski definition) is 3. The molecular formula is C23H21FN2O2. The fourth-order valence-corrected chi connectivity index (χ4v) is 3.68. The normalized spacial score (nSPS) is 17.5. The van der Waals surface area contributed by atoms with Crippen molar-refractivity contribution in [3.63, 3.8) is 0 Å². The predicted molar refractivity (Wildman–Crippen MR) is 107 cm³/mol. The van der Waals surface area contributed by atoms with Gasteiger partial charge in [0.1, 0.15) is 17.6 Å². The second kappa shape index (κ2) is 7.72. The Morgan fingerprint density at radius 1 is 1.07 bits per heavy atom. The Hall–Kier alpha value is -3.34. The van der Waals surface area contributed by atoms with Crippen molar-refractivity contribution in [3.8, 4) is 5.75 Å². The fourth-order valence-electron chi connectivity index (χ4n) is 3.68. The molecule has 3 aromatic rings. The van der Waals surface area contributed by atoms with Crippen LogP contribution in [-0.2, 0) is 11.3 Å². The number of nitrogens with one attached hydrogen (secondary N) is 2. The van der Waals surface area contributed by atoms with E-state index < -0.39 is 6.04 Å². The molecule has 0 radical (unpaired) electrons. The molecule has 2 N–H and O–H groups in total. The highest BCUT2D eigenvalue weighted by Gasteiger charge is 2.38. The molecule has 0 saturated carbocycles. The second-order valence-corrected chi connectivity index (χ2v) is 6.81. The Balaban J connectivity index is 1.58. The minimum Gasteiger partial charge on any atom is -0.497 e. The summed E-state index contributed by atoms with van der Waals surface area (Å²) in [5.41, 5.74) is 3.51. The van der Waals surface area contributed by atoms with Crippen LogP contribution in [0.2, 0.25) is 0 Å². The zero-order valence-electron chi connectivity index (χ0n) is 15.5. The number of amides is 1. The number of carbonyl (C=O) groups is 1. The summed E-state index contributed by atoms with van der Waals surface area (Å²) >= 11 is 0. The van der Waals surface area contributed by atoms with Crippen LogP contribution < -0.4 is 15.4 Å². The summed E-state index contributed by atoms with van der Waals surface area (Å²) in [5, 5.41) is 6.26. The van der Waals surface area contributed by atoms with Crippen molar-refractivity contribution in [1.82, 2.24) is 5.32 Å². The van der Waals surface area contributed by atoms with Crippen molar-refractivity contribution in [2.45, 2.75) is 18.5 Å². The Morgan fingerprint density at radius 3 is 2.68 bits per heavy atom. The molecule has 28 heavy (non-hydrogen) atoms. The molecule has 0 aliphatic carbocycles. The summed E-state index contributed by atoms with van der Waals surface area (Å²) in [6.07, 6.45) is 0. The number of rotatable bonds is 5. The average Bonchev–Trinajstić information content (AvgIpc) is 3.11. The minimum atomic E-state index is -0.509. The van der Waals surface area contributed by atoms with E-state index >= 15 is 0 Å². The highest BCUT2D eigenvalue weighted by Crippen LogP contribution is 2.40. The molecule has 0 saturated heterocycles. The van der Waals surface area contributed by atoms with Crippen LogP contribution in [0.15, 0.2) is 72.8 Å². The second-order valence-electron chi connectivity index (χ2n) is 6.81. The largest absolute Gasteiger partial charge is 0.497 e. The maximum Gasteiger partial charge on any atom is 0.243 e. The predicted octanol–water partition coefficient (Wildman–Crippen LogP) is 4.08. The van der Waals surface area contributed by atoms with Gasteiger partial charge in [-0.05, 0) is 47.0 Å². The van der Waals surface area contributed by atoms with Gasteiger partial charge in [-0.3, -0.25) is 4.79 Å². The van der Waals surface area contributed by atoms with Crippen molar-refractivity contribution in [2.24, 2.45) is 0 Å². The molecule has 4 nitrogen and oxygen atoms in total. The zero-order chi connectivity index (χ0) is 19.5. The molecule has 5 heteroatoms. The van der Waals surface area contributed by atoms with E-state index in [-0.39, 0.29) is 17.6 Å². The monoisotopic (exact) mass is 376 g/mol. The summed E-state index contributed by atoms with van der Waals surface area (Å²) in [5.74, 6) is 0.0557. The minimum absolute atomic E-state index is 0.131. The van der Waals surface area contributed by atoms with Crippen LogP contribution in [0.1, 0.15) is 22.6 Å². The van der Waals surface area contributed by atoms with Crippen LogP contribution in [0.4, 0.5) is 10.1 Å². The number of hydrogen-bond donors (Lipinski definition) is 2. The molecule has 4 rings (SSSR count). The average molecular weight is 376 g/mol. The first kappa shape index (κ1) is 18.0. The van der Waals surface area contributed by atoms with Crippen LogP contribution >= 0.6 is 0 Å². The smallest absolute Gasteiger partial charge is 0.243 e. The third kappa shape index (κ3) is 3.56. The number of methoxy groups -OCH3 is 1. The first-order chi connectivity index (χ1) is 13.7. The zero-order valence-corrected chi connectivity index (χ0v) is 15.5. The van der Waals surface area contributed by atoms with Gasteiger partial charge in [-0.15, -0.1) is 0 Å². The van der Waals surface area contributed by atoms with Gasteiger partial charge in [-0.25, -0.2) is 4.39 Å². The number of ether oxygens (including phenoxy) is 1. The molecule has 2 atom stereocenters. The molecule has 1 amide bonds. The van der Waals surface area contributed by atoms with Gasteiger partial charge in [0.25, 0.3) is 0 Å². The third-order valence-corrected chi connectivity index (χ3v) is 5.04. The van der Waals surface area contributed by atoms with E-state index in [9.17, 15) is 9.18 Å². The van der Waals surface area contributed by atoms with Gasteiger partial charge in [0.05, 0.1) is 7.11 Å². The number of fused-ring (bicyclic) bond motifs is 1. The quantitative estimate of drug-likeness (QED) is 0.706. The highest BCUT2D eigenvalue weighted by atomic mass is 19.1. The third-order valence-electron chi connectivity index (χ3n) is 5.04. The van der Waals surface area contributed by atoms with Crippen molar-refractivity contribution in [3.05, 3.63) is 95.3 Å². The lowest BCUT2D eigenvalue weighted by molar-refractivity contribution is -0.122. The number of benzene rings is 3. The molecule has 0 bridgehead atoms. The molecule has 142 valence electrons. The summed E-state index contributed by atoms with van der Waals surface area (Å²) in [6, 6.07) is 21.4. The lowest BCUT2D eigenvalue weighted by Gasteiger charge is -2.20. The van der Waals surface area contributed by atoms with E-state index in [0.29, 0.717) is 6.54 Å². The van der Waals surface area contributed by atoms with Gasteiger partial charge in [-0.1, -0.05) is 42.5 Å². The van der Waals surface area contributed by atoms with E-state index in [1.165, 1.54) is 12.1 Å². The van der Waals surface area contributed by atoms with Crippen LogP contribution in [0.25, 0.3) is 0 Å². The highest BCUT2D eigenvalue weighted by molar-refractivity contribution is 5.89. The number of halogens is 1. The number of carbonyl (C=O) groups excluding carboxylic acids is 1. The maximum atomic E-state index is 13.9. The first-order valence-electron chi connectivity index (χ1n) is 9.17. The van der Waals surface area contributed by atoms with Crippen LogP contribution in [0.3, 0.4) is 0 Å². The number of anilines is 1. The van der Waals surface area contributed by atoms with Gasteiger partial charge in [-0.2, -0.15) is 0 Å². The van der Waals surface area contributed by atoms with Crippen molar-refractivity contribution in [2.75, 3.05) is 12.4 Å². The molecule has 0 fully saturated rings. The van der Waals surface area contributed by atoms with Gasteiger partial charge in [0.15, 0.2) is 0 Å². The summed E-state index contributed by atoms with van der Waals surface area (Å²) in [6.45, 7) is 0.389. The van der Waals surface area contributed by atoms with Crippen molar-refractivity contribution < 1.29 is 13.9 Å². The van der Waals surface area contributed by atoms with Crippen LogP contribution in [0, 0.1) is 5.82 Å². The fraction of sp³-hybridized carbons (Fsp3) is 0.174. The van der Waals surface area contributed by atoms with E-state index in [2.05, 4.69) is 10.6 Å². The lowest BCUT2D eigenvalue weighted by Crippen LogP contribution is -2.40. The summed E-state index contributed by atoms with van der Waals surface area (Å²) in [7, 11) is 1.61. The summed E-state index contributed by atoms with van der Waals surface area (Å²) in [4.78, 5) is 13.0. The molecule has 0 spiro atoms. The topological polar surface area (TPSA) is 50.4 Å². The van der Waals surface area contributed by atoms with E-state index in [1.807, 2.05) is 54.6 Å². The molecule has 0 aromatic heterocycles.